The largest absolute Gasteiger partial charge is 0.369 e. The van der Waals surface area contributed by atoms with Gasteiger partial charge in [-0.05, 0) is 25.5 Å². The van der Waals surface area contributed by atoms with E-state index in [1.165, 1.54) is 0 Å². The Labute approximate surface area is 141 Å². The number of benzene rings is 1. The van der Waals surface area contributed by atoms with Crippen LogP contribution in [0.5, 0.6) is 0 Å². The molecule has 1 aromatic carbocycles. The van der Waals surface area contributed by atoms with Crippen LogP contribution in [0.25, 0.3) is 10.9 Å². The summed E-state index contributed by atoms with van der Waals surface area (Å²) in [6.45, 7) is 4.43. The van der Waals surface area contributed by atoms with Gasteiger partial charge in [-0.15, -0.1) is 0 Å². The number of nitrogens with one attached hydrogen (secondary N) is 4. The Kier molecular flexibility index (Phi) is 5.55. The Morgan fingerprint density at radius 2 is 2.21 bits per heavy atom. The number of nitrogens with zero attached hydrogens (tertiary/aromatic N) is 2. The highest BCUT2D eigenvalue weighted by Crippen LogP contribution is 2.18. The zero-order valence-corrected chi connectivity index (χ0v) is 13.9. The van der Waals surface area contributed by atoms with E-state index in [1.54, 1.807) is 6.33 Å². The first-order valence-corrected chi connectivity index (χ1v) is 8.43. The predicted molar refractivity (Wildman–Crippen MR) is 94.4 cm³/mol. The molecule has 0 saturated carbocycles. The third-order valence-electron chi connectivity index (χ3n) is 4.38. The van der Waals surface area contributed by atoms with E-state index >= 15 is 0 Å². The van der Waals surface area contributed by atoms with Gasteiger partial charge in [-0.25, -0.2) is 9.97 Å². The average molecular weight is 328 g/mol. The van der Waals surface area contributed by atoms with Gasteiger partial charge in [0.15, 0.2) is 0 Å². The summed E-state index contributed by atoms with van der Waals surface area (Å²) in [5.74, 6) is 1.36. The van der Waals surface area contributed by atoms with Crippen molar-refractivity contribution in [1.82, 2.24) is 26.1 Å². The lowest BCUT2D eigenvalue weighted by Crippen LogP contribution is -2.35. The summed E-state index contributed by atoms with van der Waals surface area (Å²) < 4.78 is 0. The highest BCUT2D eigenvalue weighted by molar-refractivity contribution is 5.88. The first kappa shape index (κ1) is 16.6. The van der Waals surface area contributed by atoms with Crippen molar-refractivity contribution in [3.8, 4) is 0 Å². The van der Waals surface area contributed by atoms with Crippen LogP contribution >= 0.6 is 0 Å². The Morgan fingerprint density at radius 3 is 3.04 bits per heavy atom. The molecule has 1 fully saturated rings. The van der Waals surface area contributed by atoms with Crippen molar-refractivity contribution in [3.63, 3.8) is 0 Å². The van der Waals surface area contributed by atoms with Crippen LogP contribution in [-0.4, -0.2) is 41.6 Å². The molecule has 3 rings (SSSR count). The maximum atomic E-state index is 11.9. The molecule has 1 aliphatic heterocycles. The van der Waals surface area contributed by atoms with Crippen molar-refractivity contribution in [3.05, 3.63) is 30.6 Å². The molecule has 2 unspecified atom stereocenters. The first-order chi connectivity index (χ1) is 11.7. The molecular weight excluding hydrogens is 304 g/mol. The van der Waals surface area contributed by atoms with E-state index in [9.17, 15) is 4.79 Å². The maximum Gasteiger partial charge on any atom is 0.220 e. The summed E-state index contributed by atoms with van der Waals surface area (Å²) >= 11 is 0. The van der Waals surface area contributed by atoms with Crippen LogP contribution in [0, 0.1) is 5.92 Å². The SMILES string of the molecule is CC1NNCC1CNC(=O)CCCNc1ncnc2ccccc12. The Morgan fingerprint density at radius 1 is 1.33 bits per heavy atom. The second-order valence-corrected chi connectivity index (χ2v) is 6.15. The van der Waals surface area contributed by atoms with Crippen LogP contribution in [0.4, 0.5) is 5.82 Å². The number of carbonyl (C=O) groups excluding carboxylic acids is 1. The van der Waals surface area contributed by atoms with Crippen LogP contribution in [0.2, 0.25) is 0 Å². The van der Waals surface area contributed by atoms with E-state index in [0.29, 0.717) is 31.5 Å². The van der Waals surface area contributed by atoms with Gasteiger partial charge in [0.05, 0.1) is 5.52 Å². The van der Waals surface area contributed by atoms with Gasteiger partial charge in [-0.1, -0.05) is 12.1 Å². The fraction of sp³-hybridized carbons (Fsp3) is 0.471. The molecule has 24 heavy (non-hydrogen) atoms. The molecular formula is C17H24N6O. The maximum absolute atomic E-state index is 11.9. The normalized spacial score (nSPS) is 20.2. The molecule has 128 valence electrons. The molecule has 4 N–H and O–H groups in total. The van der Waals surface area contributed by atoms with E-state index in [2.05, 4.69) is 38.4 Å². The van der Waals surface area contributed by atoms with Crippen molar-refractivity contribution in [2.45, 2.75) is 25.8 Å². The second kappa shape index (κ2) is 8.03. The first-order valence-electron chi connectivity index (χ1n) is 8.43. The fourth-order valence-electron chi connectivity index (χ4n) is 2.83. The molecule has 0 radical (unpaired) electrons. The molecule has 1 amide bonds. The summed E-state index contributed by atoms with van der Waals surface area (Å²) in [5.41, 5.74) is 7.18. The number of carbonyl (C=O) groups is 1. The van der Waals surface area contributed by atoms with Crippen LogP contribution in [0.15, 0.2) is 30.6 Å². The van der Waals surface area contributed by atoms with Gasteiger partial charge >= 0.3 is 0 Å². The lowest BCUT2D eigenvalue weighted by Gasteiger charge is -2.14. The zero-order chi connectivity index (χ0) is 16.8. The van der Waals surface area contributed by atoms with E-state index in [-0.39, 0.29) is 5.91 Å². The van der Waals surface area contributed by atoms with Gasteiger partial charge in [0, 0.05) is 43.4 Å². The van der Waals surface area contributed by atoms with E-state index in [0.717, 1.165) is 29.7 Å². The minimum absolute atomic E-state index is 0.100. The highest BCUT2D eigenvalue weighted by atomic mass is 16.1. The standard InChI is InChI=1S/C17H24N6O/c1-12-13(10-22-23-12)9-19-16(24)7-4-8-18-17-14-5-2-3-6-15(14)20-11-21-17/h2-3,5-6,11-13,22-23H,4,7-10H2,1H3,(H,19,24)(H,18,20,21). The molecule has 7 nitrogen and oxygen atoms in total. The lowest BCUT2D eigenvalue weighted by atomic mass is 10.0. The van der Waals surface area contributed by atoms with Crippen molar-refractivity contribution in [2.24, 2.45) is 5.92 Å². The van der Waals surface area contributed by atoms with Crippen molar-refractivity contribution in [2.75, 3.05) is 25.0 Å². The van der Waals surface area contributed by atoms with E-state index in [1.807, 2.05) is 24.3 Å². The number of hydrazine groups is 1. The summed E-state index contributed by atoms with van der Waals surface area (Å²) in [4.78, 5) is 20.4. The molecule has 1 saturated heterocycles. The molecule has 0 aliphatic carbocycles. The molecule has 1 aliphatic rings. The summed E-state index contributed by atoms with van der Waals surface area (Å²) in [7, 11) is 0. The Bertz CT molecular complexity index is 686. The van der Waals surface area contributed by atoms with Gasteiger partial charge in [0.2, 0.25) is 5.91 Å². The quantitative estimate of drug-likeness (QED) is 0.568. The number of para-hydroxylation sites is 1. The second-order valence-electron chi connectivity index (χ2n) is 6.15. The van der Waals surface area contributed by atoms with E-state index < -0.39 is 0 Å². The topological polar surface area (TPSA) is 91.0 Å². The molecule has 2 heterocycles. The van der Waals surface area contributed by atoms with Crippen LogP contribution in [0.3, 0.4) is 0 Å². The number of aromatic nitrogens is 2. The number of anilines is 1. The number of hydrogen-bond donors (Lipinski definition) is 4. The van der Waals surface area contributed by atoms with Gasteiger partial charge in [-0.2, -0.15) is 0 Å². The van der Waals surface area contributed by atoms with Crippen LogP contribution < -0.4 is 21.5 Å². The monoisotopic (exact) mass is 328 g/mol. The Hall–Kier alpha value is -2.25. The third-order valence-corrected chi connectivity index (χ3v) is 4.38. The molecule has 2 atom stereocenters. The molecule has 1 aromatic heterocycles. The zero-order valence-electron chi connectivity index (χ0n) is 13.9. The van der Waals surface area contributed by atoms with Gasteiger partial charge in [0.25, 0.3) is 0 Å². The van der Waals surface area contributed by atoms with E-state index in [4.69, 9.17) is 0 Å². The summed E-state index contributed by atoms with van der Waals surface area (Å²) in [6.07, 6.45) is 2.83. The van der Waals surface area contributed by atoms with Crippen molar-refractivity contribution in [1.29, 1.82) is 0 Å². The molecule has 0 bridgehead atoms. The summed E-state index contributed by atoms with van der Waals surface area (Å²) in [6, 6.07) is 8.27. The third kappa shape index (κ3) is 4.18. The van der Waals surface area contributed by atoms with Gasteiger partial charge in [-0.3, -0.25) is 15.6 Å². The number of amides is 1. The van der Waals surface area contributed by atoms with Crippen molar-refractivity contribution < 1.29 is 4.79 Å². The van der Waals surface area contributed by atoms with Gasteiger partial charge in [0.1, 0.15) is 12.1 Å². The average Bonchev–Trinajstić information content (AvgIpc) is 3.02. The lowest BCUT2D eigenvalue weighted by molar-refractivity contribution is -0.121. The number of hydrogen-bond acceptors (Lipinski definition) is 6. The number of rotatable bonds is 7. The van der Waals surface area contributed by atoms with Crippen LogP contribution in [-0.2, 0) is 4.79 Å². The molecule has 7 heteroatoms. The Balaban J connectivity index is 1.39. The molecule has 0 spiro atoms. The minimum Gasteiger partial charge on any atom is -0.369 e. The highest BCUT2D eigenvalue weighted by Gasteiger charge is 2.22. The predicted octanol–water partition coefficient (Wildman–Crippen LogP) is 1.05. The number of fused-ring (bicyclic) bond motifs is 1. The fourth-order valence-corrected chi connectivity index (χ4v) is 2.83. The minimum atomic E-state index is 0.100. The molecule has 2 aromatic rings. The van der Waals surface area contributed by atoms with Crippen molar-refractivity contribution >= 4 is 22.6 Å². The van der Waals surface area contributed by atoms with Gasteiger partial charge < -0.3 is 10.6 Å². The van der Waals surface area contributed by atoms with Crippen LogP contribution in [0.1, 0.15) is 19.8 Å². The smallest absolute Gasteiger partial charge is 0.220 e. The summed E-state index contributed by atoms with van der Waals surface area (Å²) in [5, 5.41) is 7.31.